The number of hydrogen-bond donors (Lipinski definition) is 2. The lowest BCUT2D eigenvalue weighted by Gasteiger charge is -2.09. The second kappa shape index (κ2) is 5.94. The molecule has 0 bridgehead atoms. The Morgan fingerprint density at radius 3 is 2.89 bits per heavy atom. The molecule has 2 aromatic rings. The molecule has 5 nitrogen and oxygen atoms in total. The molecule has 0 saturated heterocycles. The number of hydrazine groups is 1. The zero-order chi connectivity index (χ0) is 13.8. The van der Waals surface area contributed by atoms with Crippen LogP contribution in [0.15, 0.2) is 28.7 Å². The number of benzene rings is 1. The van der Waals surface area contributed by atoms with Gasteiger partial charge in [0.15, 0.2) is 5.82 Å². The second-order valence-electron chi connectivity index (χ2n) is 3.82. The molecular weight excluding hydrogens is 315 g/mol. The molecule has 2 rings (SSSR count). The molecule has 0 saturated carbocycles. The fourth-order valence-electron chi connectivity index (χ4n) is 1.50. The van der Waals surface area contributed by atoms with Crippen LogP contribution in [0.2, 0.25) is 0 Å². The van der Waals surface area contributed by atoms with Gasteiger partial charge < -0.3 is 10.2 Å². The summed E-state index contributed by atoms with van der Waals surface area (Å²) in [5.41, 5.74) is 3.21. The van der Waals surface area contributed by atoms with E-state index >= 15 is 0 Å². The van der Waals surface area contributed by atoms with Crippen LogP contribution in [0, 0.1) is 12.7 Å². The maximum absolute atomic E-state index is 13.1. The minimum Gasteiger partial charge on any atom is -0.484 e. The number of aromatic nitrogens is 2. The number of anilines is 1. The van der Waals surface area contributed by atoms with E-state index in [2.05, 4.69) is 31.3 Å². The zero-order valence-corrected chi connectivity index (χ0v) is 11.7. The van der Waals surface area contributed by atoms with Crippen LogP contribution in [-0.4, -0.2) is 9.97 Å². The van der Waals surface area contributed by atoms with E-state index in [0.29, 0.717) is 21.9 Å². The van der Waals surface area contributed by atoms with E-state index in [-0.39, 0.29) is 12.4 Å². The lowest BCUT2D eigenvalue weighted by molar-refractivity contribution is 0.292. The highest BCUT2D eigenvalue weighted by atomic mass is 79.9. The van der Waals surface area contributed by atoms with Crippen LogP contribution in [0.3, 0.4) is 0 Å². The molecule has 1 aromatic carbocycles. The van der Waals surface area contributed by atoms with Crippen molar-refractivity contribution in [2.24, 2.45) is 5.84 Å². The van der Waals surface area contributed by atoms with Crippen molar-refractivity contribution in [2.45, 2.75) is 13.5 Å². The first kappa shape index (κ1) is 13.7. The highest BCUT2D eigenvalue weighted by molar-refractivity contribution is 9.10. The van der Waals surface area contributed by atoms with E-state index in [0.717, 1.165) is 5.69 Å². The summed E-state index contributed by atoms with van der Waals surface area (Å²) in [5.74, 6) is 6.29. The smallest absolute Gasteiger partial charge is 0.168 e. The lowest BCUT2D eigenvalue weighted by atomic mass is 10.3. The van der Waals surface area contributed by atoms with Crippen molar-refractivity contribution >= 4 is 21.7 Å². The minimum atomic E-state index is -0.368. The number of nitrogens with zero attached hydrogens (tertiary/aromatic N) is 2. The van der Waals surface area contributed by atoms with Gasteiger partial charge in [0.25, 0.3) is 0 Å². The SMILES string of the molecule is Cc1cc(NN)nc(COc2cc(F)ccc2Br)n1. The van der Waals surface area contributed by atoms with E-state index in [1.54, 1.807) is 12.1 Å². The third-order valence-corrected chi connectivity index (χ3v) is 2.95. The van der Waals surface area contributed by atoms with Crippen LogP contribution < -0.4 is 16.0 Å². The van der Waals surface area contributed by atoms with Crippen LogP contribution >= 0.6 is 15.9 Å². The molecule has 100 valence electrons. The maximum atomic E-state index is 13.1. The zero-order valence-electron chi connectivity index (χ0n) is 10.2. The number of nitrogens with one attached hydrogen (secondary N) is 1. The van der Waals surface area contributed by atoms with E-state index in [9.17, 15) is 4.39 Å². The van der Waals surface area contributed by atoms with E-state index in [1.165, 1.54) is 12.1 Å². The Bertz CT molecular complexity index is 594. The Morgan fingerprint density at radius 2 is 2.16 bits per heavy atom. The summed E-state index contributed by atoms with van der Waals surface area (Å²) in [4.78, 5) is 8.35. The van der Waals surface area contributed by atoms with Crippen molar-refractivity contribution in [3.8, 4) is 5.75 Å². The van der Waals surface area contributed by atoms with Crippen LogP contribution in [0.25, 0.3) is 0 Å². The Labute approximate surface area is 118 Å². The normalized spacial score (nSPS) is 10.3. The van der Waals surface area contributed by atoms with Crippen molar-refractivity contribution in [2.75, 3.05) is 5.43 Å². The van der Waals surface area contributed by atoms with Gasteiger partial charge in [-0.1, -0.05) is 0 Å². The van der Waals surface area contributed by atoms with Crippen molar-refractivity contribution < 1.29 is 9.13 Å². The van der Waals surface area contributed by atoms with Gasteiger partial charge >= 0.3 is 0 Å². The highest BCUT2D eigenvalue weighted by Gasteiger charge is 2.06. The van der Waals surface area contributed by atoms with E-state index in [4.69, 9.17) is 10.6 Å². The van der Waals surface area contributed by atoms with Crippen LogP contribution in [-0.2, 0) is 6.61 Å². The minimum absolute atomic E-state index is 0.123. The van der Waals surface area contributed by atoms with Gasteiger partial charge in [-0.25, -0.2) is 20.2 Å². The molecule has 1 aromatic heterocycles. The number of ether oxygens (including phenoxy) is 1. The number of aryl methyl sites for hydroxylation is 1. The molecule has 19 heavy (non-hydrogen) atoms. The topological polar surface area (TPSA) is 73.1 Å². The molecule has 3 N–H and O–H groups in total. The molecule has 1 heterocycles. The molecule has 0 aliphatic heterocycles. The van der Waals surface area contributed by atoms with Gasteiger partial charge in [0.05, 0.1) is 4.47 Å². The second-order valence-corrected chi connectivity index (χ2v) is 4.67. The first-order valence-electron chi connectivity index (χ1n) is 5.47. The van der Waals surface area contributed by atoms with E-state index in [1.807, 2.05) is 6.92 Å². The predicted molar refractivity (Wildman–Crippen MR) is 73.0 cm³/mol. The van der Waals surface area contributed by atoms with Crippen LogP contribution in [0.4, 0.5) is 10.2 Å². The quantitative estimate of drug-likeness (QED) is 0.667. The first-order valence-corrected chi connectivity index (χ1v) is 6.27. The molecular formula is C12H12BrFN4O. The Balaban J connectivity index is 2.14. The van der Waals surface area contributed by atoms with Gasteiger partial charge in [-0.2, -0.15) is 0 Å². The van der Waals surface area contributed by atoms with Gasteiger partial charge in [0, 0.05) is 17.8 Å². The number of nitrogens with two attached hydrogens (primary N) is 1. The average Bonchev–Trinajstić information content (AvgIpc) is 2.39. The van der Waals surface area contributed by atoms with E-state index < -0.39 is 0 Å². The van der Waals surface area contributed by atoms with Gasteiger partial charge in [0.2, 0.25) is 0 Å². The average molecular weight is 327 g/mol. The van der Waals surface area contributed by atoms with Crippen LogP contribution in [0.1, 0.15) is 11.5 Å². The first-order chi connectivity index (χ1) is 9.08. The fourth-order valence-corrected chi connectivity index (χ4v) is 1.86. The summed E-state index contributed by atoms with van der Waals surface area (Å²) >= 11 is 3.28. The van der Waals surface area contributed by atoms with Crippen molar-refractivity contribution in [1.82, 2.24) is 9.97 Å². The molecule has 0 unspecified atom stereocenters. The van der Waals surface area contributed by atoms with Crippen molar-refractivity contribution in [1.29, 1.82) is 0 Å². The molecule has 0 fully saturated rings. The number of nitrogen functional groups attached to an aromatic ring is 1. The Hall–Kier alpha value is -1.73. The van der Waals surface area contributed by atoms with Crippen LogP contribution in [0.5, 0.6) is 5.75 Å². The predicted octanol–water partition coefficient (Wildman–Crippen LogP) is 2.55. The van der Waals surface area contributed by atoms with Crippen molar-refractivity contribution in [3.05, 3.63) is 46.1 Å². The monoisotopic (exact) mass is 326 g/mol. The largest absolute Gasteiger partial charge is 0.484 e. The Kier molecular flexibility index (Phi) is 4.28. The number of hydrogen-bond acceptors (Lipinski definition) is 5. The summed E-state index contributed by atoms with van der Waals surface area (Å²) in [6.45, 7) is 1.95. The summed E-state index contributed by atoms with van der Waals surface area (Å²) in [6, 6.07) is 5.93. The molecule has 0 amide bonds. The molecule has 7 heteroatoms. The number of halogens is 2. The van der Waals surface area contributed by atoms with Gasteiger partial charge in [-0.05, 0) is 35.0 Å². The molecule has 0 atom stereocenters. The standard InChI is InChI=1S/C12H12BrFN4O/c1-7-4-11(18-15)17-12(16-7)6-19-10-5-8(14)2-3-9(10)13/h2-5H,6,15H2,1H3,(H,16,17,18). The molecule has 0 spiro atoms. The van der Waals surface area contributed by atoms with Gasteiger partial charge in [-0.3, -0.25) is 0 Å². The maximum Gasteiger partial charge on any atom is 0.168 e. The third kappa shape index (κ3) is 3.62. The van der Waals surface area contributed by atoms with Crippen molar-refractivity contribution in [3.63, 3.8) is 0 Å². The Morgan fingerprint density at radius 1 is 1.37 bits per heavy atom. The highest BCUT2D eigenvalue weighted by Crippen LogP contribution is 2.26. The fraction of sp³-hybridized carbons (Fsp3) is 0.167. The summed E-state index contributed by atoms with van der Waals surface area (Å²) in [5, 5.41) is 0. The summed E-state index contributed by atoms with van der Waals surface area (Å²) < 4.78 is 19.2. The number of rotatable bonds is 4. The lowest BCUT2D eigenvalue weighted by Crippen LogP contribution is -2.12. The molecule has 0 aliphatic rings. The summed E-state index contributed by atoms with van der Waals surface area (Å²) in [6.07, 6.45) is 0. The third-order valence-electron chi connectivity index (χ3n) is 2.30. The molecule has 0 radical (unpaired) electrons. The van der Waals surface area contributed by atoms with Gasteiger partial charge in [0.1, 0.15) is 24.0 Å². The molecule has 0 aliphatic carbocycles. The summed E-state index contributed by atoms with van der Waals surface area (Å²) in [7, 11) is 0. The van der Waals surface area contributed by atoms with Gasteiger partial charge in [-0.15, -0.1) is 0 Å².